The fourth-order valence-corrected chi connectivity index (χ4v) is 14.5. The van der Waals surface area contributed by atoms with E-state index in [4.69, 9.17) is 0 Å². The van der Waals surface area contributed by atoms with Crippen LogP contribution in [0.25, 0.3) is 0 Å². The van der Waals surface area contributed by atoms with Crippen LogP contribution in [-0.4, -0.2) is 20.6 Å². The largest absolute Gasteiger partial charge is 0.0911 e. The van der Waals surface area contributed by atoms with Crippen molar-refractivity contribution in [1.29, 1.82) is 0 Å². The summed E-state index contributed by atoms with van der Waals surface area (Å²) in [5.41, 5.74) is 9.28. The number of benzene rings is 3. The predicted octanol–water partition coefficient (Wildman–Crippen LogP) is 13.5. The maximum Gasteiger partial charge on any atom is -0.00607 e. The van der Waals surface area contributed by atoms with Gasteiger partial charge in [0, 0.05) is 0 Å². The van der Waals surface area contributed by atoms with Crippen molar-refractivity contribution in [2.75, 3.05) is 0 Å². The summed E-state index contributed by atoms with van der Waals surface area (Å²) in [6.45, 7) is 34.7. The Bertz CT molecular complexity index is 1180. The summed E-state index contributed by atoms with van der Waals surface area (Å²) < 4.78 is 0. The van der Waals surface area contributed by atoms with Gasteiger partial charge in [-0.05, 0) is 91.0 Å². The molecule has 3 rings (SSSR count). The lowest BCUT2D eigenvalue weighted by Crippen LogP contribution is -2.27. The monoisotopic (exact) mass is 630 g/mol. The highest BCUT2D eigenvalue weighted by atomic mass is 31.1. The van der Waals surface area contributed by atoms with Crippen LogP contribution >= 0.6 is 15.8 Å². The second-order valence-corrected chi connectivity index (χ2v) is 25.0. The van der Waals surface area contributed by atoms with Crippen LogP contribution in [0, 0.1) is 0 Å². The Balaban J connectivity index is 2.26. The minimum Gasteiger partial charge on any atom is -0.0911 e. The molecule has 0 nitrogen and oxygen atoms in total. The Labute approximate surface area is 275 Å². The summed E-state index contributed by atoms with van der Waals surface area (Å²) in [5.74, 6) is 0.918. The normalized spacial score (nSPS) is 14.7. The molecule has 0 radical (unpaired) electrons. The van der Waals surface area contributed by atoms with Gasteiger partial charge in [0.25, 0.3) is 0 Å². The Morgan fingerprint density at radius 3 is 0.977 bits per heavy atom. The highest BCUT2D eigenvalue weighted by Gasteiger charge is 2.37. The van der Waals surface area contributed by atoms with Crippen molar-refractivity contribution in [1.82, 2.24) is 0 Å². The van der Waals surface area contributed by atoms with Gasteiger partial charge in [-0.15, -0.1) is 0 Å². The minimum atomic E-state index is -0.254. The molecular formula is C42H64P2. The van der Waals surface area contributed by atoms with E-state index < -0.39 is 0 Å². The molecule has 0 saturated carbocycles. The van der Waals surface area contributed by atoms with E-state index in [-0.39, 0.29) is 15.8 Å². The van der Waals surface area contributed by atoms with Crippen molar-refractivity contribution in [3.05, 3.63) is 106 Å². The van der Waals surface area contributed by atoms with Crippen molar-refractivity contribution < 1.29 is 0 Å². The quantitative estimate of drug-likeness (QED) is 0.196. The Morgan fingerprint density at radius 2 is 0.727 bits per heavy atom. The fraction of sp³-hybridized carbons (Fsp3) is 0.571. The van der Waals surface area contributed by atoms with E-state index >= 15 is 0 Å². The van der Waals surface area contributed by atoms with Gasteiger partial charge in [0.1, 0.15) is 0 Å². The van der Waals surface area contributed by atoms with Crippen LogP contribution < -0.4 is 0 Å². The molecule has 0 bridgehead atoms. The standard InChI is InChI=1S/C42H64P2/c1-31(25-33-21-17-15-18-22-33)37-27-35(29-43(39(3,4)5)40(6,7)8)36(30-44(41(9,10)11)42(12,13)14)28-38(37)32(2)26-34-23-19-16-20-24-34/h15-24,27-28,31-32H,25-26,29-30H2,1-14H3. The fourth-order valence-electron chi connectivity index (χ4n) is 7.33. The molecule has 0 saturated heterocycles. The van der Waals surface area contributed by atoms with E-state index in [0.717, 1.165) is 12.8 Å². The molecule has 242 valence electrons. The molecule has 0 aliphatic rings. The lowest BCUT2D eigenvalue weighted by molar-refractivity contribution is 0.690. The van der Waals surface area contributed by atoms with Crippen LogP contribution in [0.1, 0.15) is 142 Å². The highest BCUT2D eigenvalue weighted by Crippen LogP contribution is 2.64. The van der Waals surface area contributed by atoms with Gasteiger partial charge in [0.05, 0.1) is 0 Å². The van der Waals surface area contributed by atoms with Crippen molar-refractivity contribution in [3.63, 3.8) is 0 Å². The first-order chi connectivity index (χ1) is 20.2. The van der Waals surface area contributed by atoms with E-state index in [1.165, 1.54) is 23.5 Å². The summed E-state index contributed by atoms with van der Waals surface area (Å²) in [5, 5.41) is 1.16. The van der Waals surface area contributed by atoms with Crippen LogP contribution in [0.2, 0.25) is 0 Å². The molecule has 0 fully saturated rings. The Hall–Kier alpha value is -1.48. The first-order valence-electron chi connectivity index (χ1n) is 17.0. The molecular weight excluding hydrogens is 566 g/mol. The molecule has 0 amide bonds. The van der Waals surface area contributed by atoms with Crippen LogP contribution in [0.15, 0.2) is 72.8 Å². The van der Waals surface area contributed by atoms with Crippen LogP contribution in [0.3, 0.4) is 0 Å². The molecule has 2 atom stereocenters. The summed E-state index contributed by atoms with van der Waals surface area (Å²) in [7, 11) is -0.507. The third kappa shape index (κ3) is 10.3. The van der Waals surface area contributed by atoms with Gasteiger partial charge in [-0.25, -0.2) is 0 Å². The average molecular weight is 631 g/mol. The summed E-state index contributed by atoms with van der Waals surface area (Å²) >= 11 is 0. The van der Waals surface area contributed by atoms with Gasteiger partial charge in [0.15, 0.2) is 0 Å². The summed E-state index contributed by atoms with van der Waals surface area (Å²) in [4.78, 5) is 0. The molecule has 0 aliphatic heterocycles. The van der Waals surface area contributed by atoms with Gasteiger partial charge in [-0.2, -0.15) is 0 Å². The van der Waals surface area contributed by atoms with Crippen LogP contribution in [0.5, 0.6) is 0 Å². The zero-order valence-electron chi connectivity index (χ0n) is 30.8. The van der Waals surface area contributed by atoms with E-state index in [9.17, 15) is 0 Å². The molecule has 0 spiro atoms. The third-order valence-electron chi connectivity index (χ3n) is 9.13. The zero-order chi connectivity index (χ0) is 33.1. The van der Waals surface area contributed by atoms with Crippen LogP contribution in [-0.2, 0) is 25.2 Å². The maximum atomic E-state index is 2.71. The number of hydrogen-bond donors (Lipinski definition) is 0. The van der Waals surface area contributed by atoms with Gasteiger partial charge in [-0.1, -0.05) is 186 Å². The Kier molecular flexibility index (Phi) is 12.2. The SMILES string of the molecule is CC(Cc1ccccc1)c1cc(CP(C(C)(C)C)C(C)(C)C)c(CP(C(C)(C)C)C(C)(C)C)cc1C(C)Cc1ccccc1. The molecule has 44 heavy (non-hydrogen) atoms. The first-order valence-corrected chi connectivity index (χ1v) is 20.0. The van der Waals surface area contributed by atoms with Gasteiger partial charge in [-0.3, -0.25) is 0 Å². The van der Waals surface area contributed by atoms with Gasteiger partial charge in [0.2, 0.25) is 0 Å². The molecule has 2 heteroatoms. The predicted molar refractivity (Wildman–Crippen MR) is 204 cm³/mol. The minimum absolute atomic E-state index is 0.254. The van der Waals surface area contributed by atoms with E-state index in [0.29, 0.717) is 32.5 Å². The smallest absolute Gasteiger partial charge is 0.00607 e. The molecule has 0 aromatic heterocycles. The van der Waals surface area contributed by atoms with Crippen molar-refractivity contribution >= 4 is 15.8 Å². The first kappa shape index (κ1) is 37.0. The van der Waals surface area contributed by atoms with Crippen LogP contribution in [0.4, 0.5) is 0 Å². The Morgan fingerprint density at radius 1 is 0.455 bits per heavy atom. The second-order valence-electron chi connectivity index (χ2n) is 17.3. The topological polar surface area (TPSA) is 0 Å². The lowest BCUT2D eigenvalue weighted by atomic mass is 9.81. The van der Waals surface area contributed by atoms with Crippen molar-refractivity contribution in [2.24, 2.45) is 0 Å². The molecule has 2 unspecified atom stereocenters. The lowest BCUT2D eigenvalue weighted by Gasteiger charge is -2.44. The second kappa shape index (κ2) is 14.5. The van der Waals surface area contributed by atoms with Crippen molar-refractivity contribution in [2.45, 2.75) is 155 Å². The number of hydrogen-bond acceptors (Lipinski definition) is 0. The molecule has 3 aromatic carbocycles. The van der Waals surface area contributed by atoms with Gasteiger partial charge >= 0.3 is 0 Å². The maximum absolute atomic E-state index is 2.71. The van der Waals surface area contributed by atoms with E-state index in [2.05, 4.69) is 170 Å². The van der Waals surface area contributed by atoms with Gasteiger partial charge < -0.3 is 0 Å². The molecule has 0 heterocycles. The van der Waals surface area contributed by atoms with E-state index in [1.807, 2.05) is 0 Å². The number of rotatable bonds is 10. The summed E-state index contributed by atoms with van der Waals surface area (Å²) in [6.07, 6.45) is 4.56. The average Bonchev–Trinajstić information content (AvgIpc) is 2.88. The highest BCUT2D eigenvalue weighted by molar-refractivity contribution is 7.60. The zero-order valence-corrected chi connectivity index (χ0v) is 32.6. The third-order valence-corrected chi connectivity index (χ3v) is 16.9. The van der Waals surface area contributed by atoms with E-state index in [1.54, 1.807) is 22.3 Å². The molecule has 0 N–H and O–H groups in total. The summed E-state index contributed by atoms with van der Waals surface area (Å²) in [6, 6.07) is 27.7. The van der Waals surface area contributed by atoms with Crippen molar-refractivity contribution in [3.8, 4) is 0 Å². The molecule has 3 aromatic rings. The molecule has 0 aliphatic carbocycles.